The highest BCUT2D eigenvalue weighted by Gasteiger charge is 2.15. The number of aliphatic imine (C=N–C) groups is 1. The van der Waals surface area contributed by atoms with Crippen LogP contribution in [0.4, 0.5) is 0 Å². The Morgan fingerprint density at radius 3 is 2.96 bits per heavy atom. The van der Waals surface area contributed by atoms with Crippen LogP contribution in [0.25, 0.3) is 11.0 Å². The van der Waals surface area contributed by atoms with Crippen molar-refractivity contribution < 1.29 is 13.9 Å². The Hall–Kier alpha value is -2.05. The zero-order chi connectivity index (χ0) is 18.2. The van der Waals surface area contributed by atoms with Crippen LogP contribution in [0.3, 0.4) is 0 Å². The molecule has 1 unspecified atom stereocenters. The lowest BCUT2D eigenvalue weighted by atomic mass is 10.1. The van der Waals surface area contributed by atoms with Crippen molar-refractivity contribution >= 4 is 16.9 Å². The molecule has 2 heterocycles. The van der Waals surface area contributed by atoms with Gasteiger partial charge in [0.1, 0.15) is 11.3 Å². The highest BCUT2D eigenvalue weighted by Crippen LogP contribution is 2.24. The smallest absolute Gasteiger partial charge is 0.191 e. The predicted octanol–water partition coefficient (Wildman–Crippen LogP) is 2.99. The summed E-state index contributed by atoms with van der Waals surface area (Å²) in [6, 6.07) is 8.10. The van der Waals surface area contributed by atoms with Crippen LogP contribution >= 0.6 is 0 Å². The molecule has 6 nitrogen and oxygen atoms in total. The molecule has 6 heteroatoms. The Labute approximate surface area is 155 Å². The SMILES string of the molecule is CN=C(NCCCOCC1CCCO1)NCc1oc2ccccc2c1C. The quantitative estimate of drug-likeness (QED) is 0.431. The zero-order valence-corrected chi connectivity index (χ0v) is 15.7. The molecule has 0 spiro atoms. The lowest BCUT2D eigenvalue weighted by Crippen LogP contribution is -2.37. The molecule has 1 aromatic heterocycles. The van der Waals surface area contributed by atoms with Crippen molar-refractivity contribution in [2.45, 2.75) is 38.8 Å². The maximum absolute atomic E-state index is 5.92. The van der Waals surface area contributed by atoms with Crippen molar-refractivity contribution in [1.82, 2.24) is 10.6 Å². The molecule has 1 atom stereocenters. The predicted molar refractivity (Wildman–Crippen MR) is 104 cm³/mol. The number of ether oxygens (including phenoxy) is 2. The number of benzene rings is 1. The van der Waals surface area contributed by atoms with Gasteiger partial charge in [-0.3, -0.25) is 4.99 Å². The molecule has 3 rings (SSSR count). The Balaban J connectivity index is 1.35. The van der Waals surface area contributed by atoms with Crippen LogP contribution in [0.5, 0.6) is 0 Å². The zero-order valence-electron chi connectivity index (χ0n) is 15.7. The van der Waals surface area contributed by atoms with Crippen molar-refractivity contribution in [2.75, 3.05) is 33.4 Å². The van der Waals surface area contributed by atoms with Gasteiger partial charge in [0.15, 0.2) is 5.96 Å². The number of fused-ring (bicyclic) bond motifs is 1. The van der Waals surface area contributed by atoms with Crippen LogP contribution in [-0.4, -0.2) is 45.5 Å². The molecule has 1 aliphatic rings. The van der Waals surface area contributed by atoms with Crippen LogP contribution in [0.2, 0.25) is 0 Å². The summed E-state index contributed by atoms with van der Waals surface area (Å²) in [5, 5.41) is 7.78. The van der Waals surface area contributed by atoms with Gasteiger partial charge in [-0.05, 0) is 32.3 Å². The summed E-state index contributed by atoms with van der Waals surface area (Å²) in [6.45, 7) is 5.82. The van der Waals surface area contributed by atoms with Gasteiger partial charge in [-0.1, -0.05) is 18.2 Å². The third-order valence-corrected chi connectivity index (χ3v) is 4.67. The number of nitrogens with one attached hydrogen (secondary N) is 2. The van der Waals surface area contributed by atoms with E-state index >= 15 is 0 Å². The van der Waals surface area contributed by atoms with E-state index in [9.17, 15) is 0 Å². The molecule has 0 aliphatic carbocycles. The Bertz CT molecular complexity index is 720. The van der Waals surface area contributed by atoms with E-state index in [1.165, 1.54) is 5.56 Å². The summed E-state index contributed by atoms with van der Waals surface area (Å²) in [5.41, 5.74) is 2.10. The fraction of sp³-hybridized carbons (Fsp3) is 0.550. The summed E-state index contributed by atoms with van der Waals surface area (Å²) < 4.78 is 17.1. The van der Waals surface area contributed by atoms with E-state index in [0.717, 1.165) is 61.7 Å². The topological polar surface area (TPSA) is 68.0 Å². The molecule has 1 saturated heterocycles. The molecule has 0 radical (unpaired) electrons. The van der Waals surface area contributed by atoms with E-state index in [2.05, 4.69) is 28.6 Å². The van der Waals surface area contributed by atoms with Gasteiger partial charge in [0.25, 0.3) is 0 Å². The van der Waals surface area contributed by atoms with Crippen molar-refractivity contribution in [3.63, 3.8) is 0 Å². The summed E-state index contributed by atoms with van der Waals surface area (Å²) in [5.74, 6) is 1.71. The molecular formula is C20H29N3O3. The molecule has 1 aromatic carbocycles. The first-order valence-corrected chi connectivity index (χ1v) is 9.39. The number of guanidine groups is 1. The summed E-state index contributed by atoms with van der Waals surface area (Å²) in [6.07, 6.45) is 3.50. The Morgan fingerprint density at radius 1 is 1.31 bits per heavy atom. The number of hydrogen-bond acceptors (Lipinski definition) is 4. The fourth-order valence-electron chi connectivity index (χ4n) is 3.15. The van der Waals surface area contributed by atoms with Crippen LogP contribution in [0.1, 0.15) is 30.6 Å². The fourth-order valence-corrected chi connectivity index (χ4v) is 3.15. The number of hydrogen-bond donors (Lipinski definition) is 2. The first kappa shape index (κ1) is 18.7. The maximum atomic E-state index is 5.92. The molecule has 0 bridgehead atoms. The average molecular weight is 359 g/mol. The summed E-state index contributed by atoms with van der Waals surface area (Å²) in [4.78, 5) is 4.26. The van der Waals surface area contributed by atoms with Crippen LogP contribution in [0, 0.1) is 6.92 Å². The summed E-state index contributed by atoms with van der Waals surface area (Å²) in [7, 11) is 1.77. The van der Waals surface area contributed by atoms with Gasteiger partial charge in [0.2, 0.25) is 0 Å². The van der Waals surface area contributed by atoms with Gasteiger partial charge >= 0.3 is 0 Å². The standard InChI is InChI=1S/C20H29N3O3/c1-15-17-8-3-4-9-18(17)26-19(15)13-23-20(21-2)22-10-6-11-24-14-16-7-5-12-25-16/h3-4,8-9,16H,5-7,10-14H2,1-2H3,(H2,21,22,23). The number of para-hydroxylation sites is 1. The number of rotatable bonds is 8. The first-order valence-electron chi connectivity index (χ1n) is 9.39. The highest BCUT2D eigenvalue weighted by atomic mass is 16.5. The van der Waals surface area contributed by atoms with Crippen LogP contribution < -0.4 is 10.6 Å². The minimum absolute atomic E-state index is 0.296. The molecule has 2 aromatic rings. The third-order valence-electron chi connectivity index (χ3n) is 4.67. The van der Waals surface area contributed by atoms with Gasteiger partial charge in [-0.2, -0.15) is 0 Å². The molecule has 0 amide bonds. The van der Waals surface area contributed by atoms with Gasteiger partial charge in [0, 0.05) is 37.8 Å². The second-order valence-electron chi connectivity index (χ2n) is 6.56. The minimum atomic E-state index is 0.296. The average Bonchev–Trinajstić information content (AvgIpc) is 3.29. The van der Waals surface area contributed by atoms with E-state index < -0.39 is 0 Å². The van der Waals surface area contributed by atoms with Gasteiger partial charge in [-0.15, -0.1) is 0 Å². The van der Waals surface area contributed by atoms with Crippen molar-refractivity contribution in [1.29, 1.82) is 0 Å². The molecule has 0 saturated carbocycles. The lowest BCUT2D eigenvalue weighted by Gasteiger charge is -2.12. The first-order chi connectivity index (χ1) is 12.8. The Kier molecular flexibility index (Phi) is 6.91. The van der Waals surface area contributed by atoms with E-state index in [1.807, 2.05) is 18.2 Å². The lowest BCUT2D eigenvalue weighted by molar-refractivity contribution is 0.0168. The van der Waals surface area contributed by atoms with Crippen LogP contribution in [0.15, 0.2) is 33.7 Å². The van der Waals surface area contributed by atoms with Gasteiger partial charge in [-0.25, -0.2) is 0 Å². The number of nitrogens with zero attached hydrogens (tertiary/aromatic N) is 1. The van der Waals surface area contributed by atoms with E-state index in [1.54, 1.807) is 7.05 Å². The van der Waals surface area contributed by atoms with Crippen LogP contribution in [-0.2, 0) is 16.0 Å². The molecular weight excluding hydrogens is 330 g/mol. The van der Waals surface area contributed by atoms with E-state index in [4.69, 9.17) is 13.9 Å². The third kappa shape index (κ3) is 4.99. The molecule has 142 valence electrons. The monoisotopic (exact) mass is 359 g/mol. The maximum Gasteiger partial charge on any atom is 0.191 e. The largest absolute Gasteiger partial charge is 0.459 e. The van der Waals surface area contributed by atoms with E-state index in [0.29, 0.717) is 19.3 Å². The summed E-state index contributed by atoms with van der Waals surface area (Å²) >= 11 is 0. The van der Waals surface area contributed by atoms with Crippen molar-refractivity contribution in [2.24, 2.45) is 4.99 Å². The molecule has 1 aliphatic heterocycles. The molecule has 1 fully saturated rings. The minimum Gasteiger partial charge on any atom is -0.459 e. The van der Waals surface area contributed by atoms with Crippen molar-refractivity contribution in [3.05, 3.63) is 35.6 Å². The normalized spacial score (nSPS) is 17.8. The van der Waals surface area contributed by atoms with E-state index in [-0.39, 0.29) is 0 Å². The molecule has 2 N–H and O–H groups in total. The number of aryl methyl sites for hydroxylation is 1. The molecule has 26 heavy (non-hydrogen) atoms. The second kappa shape index (κ2) is 9.59. The second-order valence-corrected chi connectivity index (χ2v) is 6.56. The van der Waals surface area contributed by atoms with Crippen molar-refractivity contribution in [3.8, 4) is 0 Å². The Morgan fingerprint density at radius 2 is 2.19 bits per heavy atom. The highest BCUT2D eigenvalue weighted by molar-refractivity contribution is 5.82. The number of furan rings is 1. The van der Waals surface area contributed by atoms with Gasteiger partial charge in [0.05, 0.1) is 19.3 Å². The van der Waals surface area contributed by atoms with Gasteiger partial charge < -0.3 is 24.5 Å².